The van der Waals surface area contributed by atoms with Gasteiger partial charge in [0.05, 0.1) is 18.2 Å². The lowest BCUT2D eigenvalue weighted by atomic mass is 9.89. The minimum absolute atomic E-state index is 0.00254. The zero-order chi connectivity index (χ0) is 29.1. The Labute approximate surface area is 233 Å². The summed E-state index contributed by atoms with van der Waals surface area (Å²) in [6.07, 6.45) is -0.495. The summed E-state index contributed by atoms with van der Waals surface area (Å²) in [5.41, 5.74) is 6.74. The number of nitrogens with two attached hydrogens (primary N) is 1. The number of hydrogen-bond donors (Lipinski definition) is 1. The van der Waals surface area contributed by atoms with E-state index in [1.54, 1.807) is 71.0 Å². The van der Waals surface area contributed by atoms with Gasteiger partial charge in [-0.05, 0) is 72.2 Å². The van der Waals surface area contributed by atoms with Crippen LogP contribution in [-0.4, -0.2) is 46.9 Å². The van der Waals surface area contributed by atoms with Gasteiger partial charge in [-0.3, -0.25) is 14.5 Å². The molecule has 1 amide bonds. The molecule has 0 radical (unpaired) electrons. The Balaban J connectivity index is 2.20. The molecule has 10 heteroatoms. The van der Waals surface area contributed by atoms with Gasteiger partial charge in [-0.2, -0.15) is 5.10 Å². The largest absolute Gasteiger partial charge is 0.469 e. The Morgan fingerprint density at radius 2 is 1.59 bits per heavy atom. The van der Waals surface area contributed by atoms with Crippen molar-refractivity contribution in [2.24, 2.45) is 5.41 Å². The lowest BCUT2D eigenvalue weighted by molar-refractivity contribution is -0.151. The Bertz CT molecular complexity index is 1360. The van der Waals surface area contributed by atoms with E-state index in [4.69, 9.17) is 26.8 Å². The number of nitrogen functional groups attached to an aromatic ring is 1. The number of nitrogens with zero attached hydrogens (tertiary/aromatic N) is 3. The van der Waals surface area contributed by atoms with E-state index >= 15 is 0 Å². The number of halogens is 1. The number of rotatable bonds is 8. The van der Waals surface area contributed by atoms with E-state index in [1.165, 1.54) is 16.7 Å². The number of ketones is 1. The minimum atomic E-state index is -0.921. The lowest BCUT2D eigenvalue weighted by Crippen LogP contribution is -2.41. The molecule has 0 unspecified atom stereocenters. The standard InChI is InChI=1S/C29H35ClN4O5/c1-18-8-10-19(11-9-18)24(35)23-22(31)25(34(32-23)21-14-12-20(30)13-15-21)33(27(37)39-28(2,3)4)17-16-29(5,6)26(36)38-7/h8-15H,16-17,31H2,1-7H3. The molecule has 2 aromatic carbocycles. The Kier molecular flexibility index (Phi) is 8.75. The van der Waals surface area contributed by atoms with Crippen LogP contribution in [0.2, 0.25) is 5.02 Å². The Morgan fingerprint density at radius 1 is 1.00 bits per heavy atom. The quantitative estimate of drug-likeness (QED) is 0.269. The smallest absolute Gasteiger partial charge is 0.416 e. The molecule has 0 aliphatic carbocycles. The average molecular weight is 555 g/mol. The van der Waals surface area contributed by atoms with Gasteiger partial charge in [0.25, 0.3) is 0 Å². The van der Waals surface area contributed by atoms with Gasteiger partial charge in [0, 0.05) is 17.1 Å². The molecule has 9 nitrogen and oxygen atoms in total. The van der Waals surface area contributed by atoms with Crippen LogP contribution in [-0.2, 0) is 14.3 Å². The van der Waals surface area contributed by atoms with E-state index in [9.17, 15) is 14.4 Å². The van der Waals surface area contributed by atoms with Crippen LogP contribution in [0.1, 0.15) is 62.7 Å². The zero-order valence-corrected chi connectivity index (χ0v) is 24.1. The molecule has 3 aromatic rings. The first-order valence-electron chi connectivity index (χ1n) is 12.5. The summed E-state index contributed by atoms with van der Waals surface area (Å²) in [4.78, 5) is 40.8. The average Bonchev–Trinajstić information content (AvgIpc) is 3.19. The molecule has 0 spiro atoms. The van der Waals surface area contributed by atoms with Crippen molar-refractivity contribution in [3.05, 3.63) is 70.4 Å². The van der Waals surface area contributed by atoms with Gasteiger partial charge in [-0.15, -0.1) is 0 Å². The van der Waals surface area contributed by atoms with Crippen LogP contribution in [0.3, 0.4) is 0 Å². The van der Waals surface area contributed by atoms with Gasteiger partial charge in [-0.1, -0.05) is 41.4 Å². The molecule has 2 N–H and O–H groups in total. The van der Waals surface area contributed by atoms with E-state index in [0.717, 1.165) is 5.56 Å². The normalized spacial score (nSPS) is 11.7. The van der Waals surface area contributed by atoms with Crippen molar-refractivity contribution in [2.45, 2.75) is 53.6 Å². The van der Waals surface area contributed by atoms with Gasteiger partial charge in [-0.25, -0.2) is 9.48 Å². The molecule has 0 aliphatic rings. The van der Waals surface area contributed by atoms with Crippen LogP contribution in [0, 0.1) is 12.3 Å². The third kappa shape index (κ3) is 6.97. The van der Waals surface area contributed by atoms with E-state index in [-0.39, 0.29) is 30.2 Å². The number of methoxy groups -OCH3 is 1. The molecular formula is C29H35ClN4O5. The number of aromatic nitrogens is 2. The molecule has 0 fully saturated rings. The molecule has 3 rings (SSSR count). The highest BCUT2D eigenvalue weighted by Crippen LogP contribution is 2.34. The van der Waals surface area contributed by atoms with Gasteiger partial charge in [0.1, 0.15) is 11.3 Å². The summed E-state index contributed by atoms with van der Waals surface area (Å²) in [5.74, 6) is -0.691. The lowest BCUT2D eigenvalue weighted by Gasteiger charge is -2.30. The molecule has 208 valence electrons. The fraction of sp³-hybridized carbons (Fsp3) is 0.379. The van der Waals surface area contributed by atoms with Crippen molar-refractivity contribution in [3.8, 4) is 5.69 Å². The predicted octanol–water partition coefficient (Wildman–Crippen LogP) is 5.98. The first-order chi connectivity index (χ1) is 18.1. The van der Waals surface area contributed by atoms with Crippen molar-refractivity contribution in [1.82, 2.24) is 9.78 Å². The highest BCUT2D eigenvalue weighted by Gasteiger charge is 2.35. The van der Waals surface area contributed by atoms with Crippen LogP contribution < -0.4 is 10.6 Å². The first-order valence-corrected chi connectivity index (χ1v) is 12.9. The van der Waals surface area contributed by atoms with Crippen LogP contribution in [0.25, 0.3) is 5.69 Å². The van der Waals surface area contributed by atoms with Crippen molar-refractivity contribution in [3.63, 3.8) is 0 Å². The third-order valence-corrected chi connectivity index (χ3v) is 6.32. The molecule has 0 atom stereocenters. The highest BCUT2D eigenvalue weighted by molar-refractivity contribution is 6.30. The predicted molar refractivity (Wildman–Crippen MR) is 152 cm³/mol. The second kappa shape index (κ2) is 11.5. The Hall–Kier alpha value is -3.85. The summed E-state index contributed by atoms with van der Waals surface area (Å²) < 4.78 is 12.1. The van der Waals surface area contributed by atoms with Gasteiger partial charge < -0.3 is 15.2 Å². The third-order valence-electron chi connectivity index (χ3n) is 6.06. The summed E-state index contributed by atoms with van der Waals surface area (Å²) in [7, 11) is 1.31. The van der Waals surface area contributed by atoms with Crippen molar-refractivity contribution >= 4 is 41.0 Å². The SMILES string of the molecule is COC(=O)C(C)(C)CCN(C(=O)OC(C)(C)C)c1c(N)c(C(=O)c2ccc(C)cc2)nn1-c1ccc(Cl)cc1. The molecule has 39 heavy (non-hydrogen) atoms. The number of benzene rings is 2. The summed E-state index contributed by atoms with van der Waals surface area (Å²) in [5, 5.41) is 5.06. The summed E-state index contributed by atoms with van der Waals surface area (Å²) >= 11 is 6.11. The number of ether oxygens (including phenoxy) is 2. The molecule has 0 saturated heterocycles. The zero-order valence-electron chi connectivity index (χ0n) is 23.4. The number of carbonyl (C=O) groups is 3. The molecule has 1 aromatic heterocycles. The maximum atomic E-state index is 13.6. The van der Waals surface area contributed by atoms with Crippen LogP contribution >= 0.6 is 11.6 Å². The fourth-order valence-electron chi connectivity index (χ4n) is 3.82. The van der Waals surface area contributed by atoms with Crippen LogP contribution in [0.4, 0.5) is 16.3 Å². The molecule has 0 saturated carbocycles. The molecule has 1 heterocycles. The highest BCUT2D eigenvalue weighted by atomic mass is 35.5. The van der Waals surface area contributed by atoms with Gasteiger partial charge >= 0.3 is 12.1 Å². The number of anilines is 2. The maximum absolute atomic E-state index is 13.6. The number of esters is 1. The van der Waals surface area contributed by atoms with Crippen LogP contribution in [0.15, 0.2) is 48.5 Å². The summed E-state index contributed by atoms with van der Waals surface area (Å²) in [6.45, 7) is 10.6. The number of hydrogen-bond acceptors (Lipinski definition) is 7. The maximum Gasteiger partial charge on any atom is 0.416 e. The molecule has 0 aliphatic heterocycles. The second-order valence-electron chi connectivity index (χ2n) is 10.9. The van der Waals surface area contributed by atoms with E-state index in [0.29, 0.717) is 16.3 Å². The number of carbonyl (C=O) groups excluding carboxylic acids is 3. The monoisotopic (exact) mass is 554 g/mol. The second-order valence-corrected chi connectivity index (χ2v) is 11.4. The van der Waals surface area contributed by atoms with Gasteiger partial charge in [0.2, 0.25) is 5.78 Å². The minimum Gasteiger partial charge on any atom is -0.469 e. The number of aryl methyl sites for hydroxylation is 1. The number of amides is 1. The van der Waals surface area contributed by atoms with Crippen molar-refractivity contribution in [2.75, 3.05) is 24.3 Å². The van der Waals surface area contributed by atoms with Crippen LogP contribution in [0.5, 0.6) is 0 Å². The van der Waals surface area contributed by atoms with Gasteiger partial charge in [0.15, 0.2) is 11.5 Å². The van der Waals surface area contributed by atoms with E-state index < -0.39 is 28.9 Å². The topological polar surface area (TPSA) is 117 Å². The fourth-order valence-corrected chi connectivity index (χ4v) is 3.95. The molecule has 0 bridgehead atoms. The van der Waals surface area contributed by atoms with E-state index in [1.807, 2.05) is 19.1 Å². The Morgan fingerprint density at radius 3 is 2.13 bits per heavy atom. The summed E-state index contributed by atoms with van der Waals surface area (Å²) in [6, 6.07) is 13.8. The molecular weight excluding hydrogens is 520 g/mol. The first kappa shape index (κ1) is 29.7. The van der Waals surface area contributed by atoms with Crippen molar-refractivity contribution in [1.29, 1.82) is 0 Å². The van der Waals surface area contributed by atoms with E-state index in [2.05, 4.69) is 5.10 Å². The van der Waals surface area contributed by atoms with Crippen molar-refractivity contribution < 1.29 is 23.9 Å².